The van der Waals surface area contributed by atoms with Gasteiger partial charge in [-0.25, -0.2) is 4.57 Å². The van der Waals surface area contributed by atoms with E-state index in [9.17, 15) is 4.79 Å². The molecule has 0 radical (unpaired) electrons. The second-order valence-corrected chi connectivity index (χ2v) is 15.7. The summed E-state index contributed by atoms with van der Waals surface area (Å²) in [5.41, 5.74) is 4.41. The molecule has 312 valence electrons. The van der Waals surface area contributed by atoms with Gasteiger partial charge in [-0.1, -0.05) is 80.7 Å². The lowest BCUT2D eigenvalue weighted by Crippen LogP contribution is -2.33. The molecule has 4 heterocycles. The first-order valence-electron chi connectivity index (χ1n) is 21.8. The van der Waals surface area contributed by atoms with Crippen LogP contribution in [0.2, 0.25) is 5.02 Å². The lowest BCUT2D eigenvalue weighted by Gasteiger charge is -2.11. The summed E-state index contributed by atoms with van der Waals surface area (Å²) in [5.74, 6) is -0.0781. The van der Waals surface area contributed by atoms with Crippen LogP contribution in [0.1, 0.15) is 121 Å². The summed E-state index contributed by atoms with van der Waals surface area (Å²) in [7, 11) is 0. The number of benzene rings is 1. The van der Waals surface area contributed by atoms with E-state index in [2.05, 4.69) is 55.4 Å². The summed E-state index contributed by atoms with van der Waals surface area (Å²) in [4.78, 5) is 20.5. The van der Waals surface area contributed by atoms with Crippen LogP contribution in [0, 0.1) is 0 Å². The number of aromatic nitrogens is 6. The van der Waals surface area contributed by atoms with Crippen LogP contribution >= 0.6 is 11.6 Å². The number of aryl methyl sites for hydroxylation is 4. The van der Waals surface area contributed by atoms with Gasteiger partial charge in [0.15, 0.2) is 18.1 Å². The molecular formula is C47H64ClN6O4+. The van der Waals surface area contributed by atoms with E-state index >= 15 is 0 Å². The van der Waals surface area contributed by atoms with E-state index in [1.165, 1.54) is 88.7 Å². The SMILES string of the molecule is CC(=O)Oc1c(-c2cn(CCCCCCCCOCCCc3ccc[n+](CCCCCCCCCCOCCCc4cccnc4)c3)nn2)cc(Cl)c2cccnc12. The molecule has 1 aromatic carbocycles. The number of carbonyl (C=O) groups is 1. The van der Waals surface area contributed by atoms with Gasteiger partial charge in [-0.05, 0) is 87.3 Å². The number of fused-ring (bicyclic) bond motifs is 1. The molecule has 10 nitrogen and oxygen atoms in total. The summed E-state index contributed by atoms with van der Waals surface area (Å²) < 4.78 is 21.5. The first-order valence-corrected chi connectivity index (χ1v) is 22.1. The van der Waals surface area contributed by atoms with Crippen molar-refractivity contribution in [2.75, 3.05) is 26.4 Å². The molecule has 0 unspecified atom stereocenters. The molecule has 0 N–H and O–H groups in total. The highest BCUT2D eigenvalue weighted by Gasteiger charge is 2.19. The minimum Gasteiger partial charge on any atom is -0.424 e. The zero-order valence-electron chi connectivity index (χ0n) is 34.7. The van der Waals surface area contributed by atoms with Crippen molar-refractivity contribution in [1.29, 1.82) is 0 Å². The molecule has 0 aliphatic rings. The average molecular weight is 813 g/mol. The van der Waals surface area contributed by atoms with Crippen molar-refractivity contribution in [3.05, 3.63) is 95.8 Å². The van der Waals surface area contributed by atoms with Crippen molar-refractivity contribution in [1.82, 2.24) is 25.0 Å². The van der Waals surface area contributed by atoms with Gasteiger partial charge in [0.2, 0.25) is 0 Å². The first-order chi connectivity index (χ1) is 28.6. The Hall–Kier alpha value is -4.25. The van der Waals surface area contributed by atoms with Gasteiger partial charge in [0.05, 0.1) is 16.8 Å². The predicted molar refractivity (Wildman–Crippen MR) is 231 cm³/mol. The van der Waals surface area contributed by atoms with Gasteiger partial charge in [0.1, 0.15) is 17.8 Å². The van der Waals surface area contributed by atoms with Gasteiger partial charge in [0, 0.05) is 81.9 Å². The zero-order chi connectivity index (χ0) is 40.5. The molecule has 4 aromatic heterocycles. The largest absolute Gasteiger partial charge is 0.424 e. The summed E-state index contributed by atoms with van der Waals surface area (Å²) in [5, 5.41) is 9.90. The van der Waals surface area contributed by atoms with E-state index in [1.807, 2.05) is 35.4 Å². The molecule has 0 saturated carbocycles. The molecule has 0 aliphatic carbocycles. The molecule has 5 aromatic rings. The number of nitrogens with zero attached hydrogens (tertiary/aromatic N) is 6. The van der Waals surface area contributed by atoms with E-state index in [0.29, 0.717) is 27.5 Å². The van der Waals surface area contributed by atoms with Gasteiger partial charge >= 0.3 is 5.97 Å². The molecule has 0 saturated heterocycles. The quantitative estimate of drug-likeness (QED) is 0.0195. The number of carbonyl (C=O) groups excluding carboxylic acids is 1. The highest BCUT2D eigenvalue weighted by molar-refractivity contribution is 6.36. The Morgan fingerprint density at radius 2 is 1.38 bits per heavy atom. The normalized spacial score (nSPS) is 11.4. The first kappa shape index (κ1) is 44.8. The smallest absolute Gasteiger partial charge is 0.308 e. The van der Waals surface area contributed by atoms with Crippen LogP contribution in [0.5, 0.6) is 5.75 Å². The van der Waals surface area contributed by atoms with Crippen LogP contribution in [-0.2, 0) is 40.2 Å². The Kier molecular flexibility index (Phi) is 20.6. The Bertz CT molecular complexity index is 1910. The fourth-order valence-electron chi connectivity index (χ4n) is 7.26. The van der Waals surface area contributed by atoms with E-state index in [4.69, 9.17) is 25.8 Å². The number of rotatable bonds is 30. The van der Waals surface area contributed by atoms with Crippen LogP contribution < -0.4 is 9.30 Å². The van der Waals surface area contributed by atoms with Crippen molar-refractivity contribution >= 4 is 28.5 Å². The second-order valence-electron chi connectivity index (χ2n) is 15.3. The van der Waals surface area contributed by atoms with Gasteiger partial charge in [-0.15, -0.1) is 5.10 Å². The van der Waals surface area contributed by atoms with Crippen LogP contribution in [0.4, 0.5) is 0 Å². The zero-order valence-corrected chi connectivity index (χ0v) is 35.4. The van der Waals surface area contributed by atoms with Gasteiger partial charge in [-0.3, -0.25) is 19.4 Å². The van der Waals surface area contributed by atoms with Crippen LogP contribution in [0.25, 0.3) is 22.2 Å². The van der Waals surface area contributed by atoms with E-state index in [-0.39, 0.29) is 0 Å². The number of halogens is 1. The molecule has 0 spiro atoms. The topological polar surface area (TPSA) is 105 Å². The summed E-state index contributed by atoms with van der Waals surface area (Å²) in [6.45, 7) is 6.64. The van der Waals surface area contributed by atoms with Gasteiger partial charge in [0.25, 0.3) is 0 Å². The Balaban J connectivity index is 0.813. The lowest BCUT2D eigenvalue weighted by molar-refractivity contribution is -0.697. The third kappa shape index (κ3) is 16.5. The molecule has 0 bridgehead atoms. The van der Waals surface area contributed by atoms with E-state index in [0.717, 1.165) is 89.8 Å². The standard InChI is InChI=1S/C47H64ClN6O4/c1-39(55)58-47-43(35-44(48)42-25-17-27-50-46(42)47)45-38-54(52-51-45)30-13-9-5-7-11-15-32-57-34-20-24-41-22-18-29-53(37-41)28-12-8-4-2-3-6-10-14-31-56-33-19-23-40-21-16-26-49-36-40/h16-18,21-22,25-27,29,35-38H,2-15,19-20,23-24,28,30-34H2,1H3/q+1. The van der Waals surface area contributed by atoms with Crippen molar-refractivity contribution < 1.29 is 23.6 Å². The Labute approximate surface area is 350 Å². The summed E-state index contributed by atoms with van der Waals surface area (Å²) >= 11 is 6.54. The number of unbranched alkanes of at least 4 members (excludes halogenated alkanes) is 12. The van der Waals surface area contributed by atoms with E-state index in [1.54, 1.807) is 18.3 Å². The summed E-state index contributed by atoms with van der Waals surface area (Å²) in [6.07, 6.45) is 33.2. The Morgan fingerprint density at radius 1 is 0.741 bits per heavy atom. The van der Waals surface area contributed by atoms with Crippen LogP contribution in [-0.4, -0.2) is 57.4 Å². The van der Waals surface area contributed by atoms with Crippen molar-refractivity contribution in [2.24, 2.45) is 0 Å². The monoisotopic (exact) mass is 811 g/mol. The number of ether oxygens (including phenoxy) is 3. The predicted octanol–water partition coefficient (Wildman–Crippen LogP) is 10.5. The van der Waals surface area contributed by atoms with Crippen LogP contribution in [0.3, 0.4) is 0 Å². The third-order valence-electron chi connectivity index (χ3n) is 10.4. The van der Waals surface area contributed by atoms with Gasteiger partial charge < -0.3 is 14.2 Å². The fraction of sp³-hybridized carbons (Fsp3) is 0.532. The number of hydrogen-bond donors (Lipinski definition) is 0. The molecule has 58 heavy (non-hydrogen) atoms. The number of pyridine rings is 3. The van der Waals surface area contributed by atoms with Crippen LogP contribution in [0.15, 0.2) is 79.6 Å². The highest BCUT2D eigenvalue weighted by atomic mass is 35.5. The maximum Gasteiger partial charge on any atom is 0.308 e. The van der Waals surface area contributed by atoms with Crippen molar-refractivity contribution in [3.8, 4) is 17.0 Å². The maximum atomic E-state index is 11.9. The minimum absolute atomic E-state index is 0.351. The molecular weight excluding hydrogens is 748 g/mol. The Morgan fingerprint density at radius 3 is 2.09 bits per heavy atom. The minimum atomic E-state index is -0.429. The van der Waals surface area contributed by atoms with E-state index < -0.39 is 5.97 Å². The summed E-state index contributed by atoms with van der Waals surface area (Å²) in [6, 6.07) is 14.0. The average Bonchev–Trinajstić information content (AvgIpc) is 3.71. The molecule has 0 fully saturated rings. The van der Waals surface area contributed by atoms with Gasteiger partial charge in [-0.2, -0.15) is 0 Å². The third-order valence-corrected chi connectivity index (χ3v) is 10.7. The molecule has 11 heteroatoms. The molecule has 0 atom stereocenters. The van der Waals surface area contributed by atoms with Crippen molar-refractivity contribution in [3.63, 3.8) is 0 Å². The number of hydrogen-bond acceptors (Lipinski definition) is 8. The number of esters is 1. The second kappa shape index (κ2) is 26.7. The molecule has 5 rings (SSSR count). The lowest BCUT2D eigenvalue weighted by atomic mass is 10.1. The van der Waals surface area contributed by atoms with Crippen molar-refractivity contribution in [2.45, 2.75) is 136 Å². The fourth-order valence-corrected chi connectivity index (χ4v) is 7.52. The highest BCUT2D eigenvalue weighted by Crippen LogP contribution is 2.39. The molecule has 0 aliphatic heterocycles. The molecule has 0 amide bonds. The maximum absolute atomic E-state index is 11.9.